The number of ether oxygens (including phenoxy) is 1. The van der Waals surface area contributed by atoms with Gasteiger partial charge in [-0.15, -0.1) is 11.3 Å². The summed E-state index contributed by atoms with van der Waals surface area (Å²) in [5.41, 5.74) is -0.340. The Morgan fingerprint density at radius 3 is 2.44 bits per heavy atom. The molecule has 1 aromatic carbocycles. The Hall–Kier alpha value is -2.45. The second kappa shape index (κ2) is 9.66. The van der Waals surface area contributed by atoms with Crippen LogP contribution in [0.3, 0.4) is 0 Å². The Kier molecular flexibility index (Phi) is 7.43. The minimum atomic E-state index is -1.46. The van der Waals surface area contributed by atoms with Crippen LogP contribution in [0.5, 0.6) is 5.75 Å². The lowest BCUT2D eigenvalue weighted by Crippen LogP contribution is -2.54. The van der Waals surface area contributed by atoms with Crippen LogP contribution in [0.2, 0.25) is 0 Å². The first-order chi connectivity index (χ1) is 15.8. The summed E-state index contributed by atoms with van der Waals surface area (Å²) in [6.07, 6.45) is 1.27. The number of likely N-dealkylation sites (tertiary alicyclic amines) is 1. The maximum absolute atomic E-state index is 14.2. The standard InChI is InChI=1S/C26H36N2O5S/c1-15(2)13-26(24(31)32)14-18(16(3)29)21(22-27-10-11-34-22)28(26)23(30)17-8-9-19(25(4,5)6)20(12-17)33-7/h8-12,15-16,18,21,29H,13-14H2,1-7H3,(H,31,32)/t16?,18?,21-,26?/m1/s1. The third kappa shape index (κ3) is 4.70. The molecule has 3 rings (SSSR count). The number of nitrogens with zero attached hydrogens (tertiary/aromatic N) is 2. The van der Waals surface area contributed by atoms with Crippen LogP contribution in [0.4, 0.5) is 0 Å². The van der Waals surface area contributed by atoms with Gasteiger partial charge in [-0.25, -0.2) is 9.78 Å². The van der Waals surface area contributed by atoms with Gasteiger partial charge in [0.15, 0.2) is 0 Å². The highest BCUT2D eigenvalue weighted by molar-refractivity contribution is 7.09. The number of thiazole rings is 1. The molecular weight excluding hydrogens is 452 g/mol. The van der Waals surface area contributed by atoms with Gasteiger partial charge in [0.25, 0.3) is 5.91 Å². The highest BCUT2D eigenvalue weighted by Gasteiger charge is 2.60. The number of carboxylic acid groups (broad SMARTS) is 1. The molecular formula is C26H36N2O5S. The summed E-state index contributed by atoms with van der Waals surface area (Å²) in [4.78, 5) is 33.0. The van der Waals surface area contributed by atoms with Crippen LogP contribution < -0.4 is 4.74 Å². The zero-order valence-corrected chi connectivity index (χ0v) is 21.8. The molecule has 0 aliphatic carbocycles. The number of hydrogen-bond donors (Lipinski definition) is 2. The van der Waals surface area contributed by atoms with E-state index in [0.717, 1.165) is 5.56 Å². The predicted octanol–water partition coefficient (Wildman–Crippen LogP) is 4.90. The van der Waals surface area contributed by atoms with E-state index in [4.69, 9.17) is 4.74 Å². The molecule has 4 atom stereocenters. The quantitative estimate of drug-likeness (QED) is 0.575. The maximum Gasteiger partial charge on any atom is 0.329 e. The van der Waals surface area contributed by atoms with E-state index in [-0.39, 0.29) is 24.2 Å². The lowest BCUT2D eigenvalue weighted by atomic mass is 9.82. The van der Waals surface area contributed by atoms with Crippen molar-refractivity contribution >= 4 is 23.2 Å². The number of benzene rings is 1. The van der Waals surface area contributed by atoms with Crippen molar-refractivity contribution in [2.75, 3.05) is 7.11 Å². The molecule has 186 valence electrons. The first-order valence-corrected chi connectivity index (χ1v) is 12.5. The number of amides is 1. The molecule has 34 heavy (non-hydrogen) atoms. The molecule has 1 aliphatic rings. The van der Waals surface area contributed by atoms with Gasteiger partial charge in [0, 0.05) is 23.1 Å². The minimum Gasteiger partial charge on any atom is -0.496 e. The Balaban J connectivity index is 2.22. The largest absolute Gasteiger partial charge is 0.496 e. The Labute approximate surface area is 205 Å². The van der Waals surface area contributed by atoms with Crippen molar-refractivity contribution in [3.63, 3.8) is 0 Å². The average molecular weight is 489 g/mol. The molecule has 1 aliphatic heterocycles. The van der Waals surface area contributed by atoms with E-state index in [1.807, 2.05) is 25.3 Å². The van der Waals surface area contributed by atoms with Crippen LogP contribution in [0.25, 0.3) is 0 Å². The van der Waals surface area contributed by atoms with Gasteiger partial charge >= 0.3 is 5.97 Å². The number of aliphatic carboxylic acids is 1. The molecule has 3 unspecified atom stereocenters. The first kappa shape index (κ1) is 26.2. The van der Waals surface area contributed by atoms with E-state index in [2.05, 4.69) is 25.8 Å². The Morgan fingerprint density at radius 1 is 1.29 bits per heavy atom. The average Bonchev–Trinajstić information content (AvgIpc) is 3.38. The number of carboxylic acids is 1. The summed E-state index contributed by atoms with van der Waals surface area (Å²) in [5.74, 6) is -1.31. The second-order valence-corrected chi connectivity index (χ2v) is 11.6. The number of aliphatic hydroxyl groups excluding tert-OH is 1. The van der Waals surface area contributed by atoms with E-state index in [1.54, 1.807) is 32.4 Å². The normalized spacial score (nSPS) is 23.9. The topological polar surface area (TPSA) is 100.0 Å². The lowest BCUT2D eigenvalue weighted by Gasteiger charge is -2.39. The van der Waals surface area contributed by atoms with Gasteiger partial charge in [0.2, 0.25) is 0 Å². The summed E-state index contributed by atoms with van der Waals surface area (Å²) in [5, 5.41) is 23.6. The van der Waals surface area contributed by atoms with E-state index in [1.165, 1.54) is 16.2 Å². The monoisotopic (exact) mass is 488 g/mol. The van der Waals surface area contributed by atoms with Crippen LogP contribution in [0.15, 0.2) is 29.8 Å². The number of aliphatic hydroxyl groups is 1. The van der Waals surface area contributed by atoms with Crippen molar-refractivity contribution in [1.82, 2.24) is 9.88 Å². The van der Waals surface area contributed by atoms with Crippen LogP contribution >= 0.6 is 11.3 Å². The highest BCUT2D eigenvalue weighted by atomic mass is 32.1. The third-order valence-corrected chi connectivity index (χ3v) is 7.51. The molecule has 8 heteroatoms. The van der Waals surface area contributed by atoms with Gasteiger partial charge in [0.1, 0.15) is 16.3 Å². The van der Waals surface area contributed by atoms with E-state index in [0.29, 0.717) is 16.3 Å². The summed E-state index contributed by atoms with van der Waals surface area (Å²) in [6.45, 7) is 11.7. The van der Waals surface area contributed by atoms with Gasteiger partial charge in [-0.1, -0.05) is 40.7 Å². The Morgan fingerprint density at radius 2 is 1.97 bits per heavy atom. The molecule has 7 nitrogen and oxygen atoms in total. The zero-order valence-electron chi connectivity index (χ0n) is 21.0. The molecule has 1 saturated heterocycles. The molecule has 1 fully saturated rings. The predicted molar refractivity (Wildman–Crippen MR) is 132 cm³/mol. The van der Waals surface area contributed by atoms with Crippen molar-refractivity contribution in [3.8, 4) is 5.75 Å². The van der Waals surface area contributed by atoms with Gasteiger partial charge in [-0.05, 0) is 48.8 Å². The van der Waals surface area contributed by atoms with Gasteiger partial charge in [-0.3, -0.25) is 4.79 Å². The molecule has 2 heterocycles. The molecule has 1 aromatic heterocycles. The van der Waals surface area contributed by atoms with Gasteiger partial charge in [0.05, 0.1) is 19.3 Å². The number of rotatable bonds is 7. The van der Waals surface area contributed by atoms with Crippen molar-refractivity contribution in [3.05, 3.63) is 45.9 Å². The lowest BCUT2D eigenvalue weighted by molar-refractivity contribution is -0.150. The molecule has 2 aromatic rings. The van der Waals surface area contributed by atoms with Gasteiger partial charge < -0.3 is 19.8 Å². The Bertz CT molecular complexity index is 1030. The molecule has 1 amide bonds. The molecule has 2 N–H and O–H groups in total. The minimum absolute atomic E-state index is 0.0221. The summed E-state index contributed by atoms with van der Waals surface area (Å²) >= 11 is 1.37. The fraction of sp³-hybridized carbons (Fsp3) is 0.577. The van der Waals surface area contributed by atoms with Crippen molar-refractivity contribution in [2.24, 2.45) is 11.8 Å². The third-order valence-electron chi connectivity index (χ3n) is 6.66. The molecule has 0 bridgehead atoms. The van der Waals surface area contributed by atoms with E-state index in [9.17, 15) is 19.8 Å². The number of carbonyl (C=O) groups excluding carboxylic acids is 1. The molecule has 0 spiro atoms. The van der Waals surface area contributed by atoms with Crippen molar-refractivity contribution in [2.45, 2.75) is 77.5 Å². The SMILES string of the molecule is COc1cc(C(=O)N2[C@@H](c3nccs3)C(C(C)O)CC2(CC(C)C)C(=O)O)ccc1C(C)(C)C. The highest BCUT2D eigenvalue weighted by Crippen LogP contribution is 2.52. The second-order valence-electron chi connectivity index (χ2n) is 10.7. The fourth-order valence-corrected chi connectivity index (χ4v) is 6.01. The van der Waals surface area contributed by atoms with Crippen LogP contribution in [-0.4, -0.2) is 50.7 Å². The van der Waals surface area contributed by atoms with Crippen molar-refractivity contribution in [1.29, 1.82) is 0 Å². The maximum atomic E-state index is 14.2. The number of methoxy groups -OCH3 is 1. The van der Waals surface area contributed by atoms with Crippen LogP contribution in [0.1, 0.15) is 81.4 Å². The van der Waals surface area contributed by atoms with Crippen LogP contribution in [0, 0.1) is 11.8 Å². The van der Waals surface area contributed by atoms with Crippen molar-refractivity contribution < 1.29 is 24.5 Å². The van der Waals surface area contributed by atoms with E-state index < -0.39 is 35.5 Å². The first-order valence-electron chi connectivity index (χ1n) is 11.7. The summed E-state index contributed by atoms with van der Waals surface area (Å²) in [6, 6.07) is 4.66. The fourth-order valence-electron chi connectivity index (χ4n) is 5.20. The number of carbonyl (C=O) groups is 2. The number of aromatic nitrogens is 1. The summed E-state index contributed by atoms with van der Waals surface area (Å²) < 4.78 is 5.61. The van der Waals surface area contributed by atoms with E-state index >= 15 is 0 Å². The molecule has 0 radical (unpaired) electrons. The molecule has 0 saturated carbocycles. The van der Waals surface area contributed by atoms with Crippen LogP contribution in [-0.2, 0) is 10.2 Å². The smallest absolute Gasteiger partial charge is 0.329 e. The zero-order chi connectivity index (χ0) is 25.4. The number of hydrogen-bond acceptors (Lipinski definition) is 6. The summed E-state index contributed by atoms with van der Waals surface area (Å²) in [7, 11) is 1.57. The van der Waals surface area contributed by atoms with Gasteiger partial charge in [-0.2, -0.15) is 0 Å².